The highest BCUT2D eigenvalue weighted by molar-refractivity contribution is 6.03. The molecule has 0 atom stereocenters. The highest BCUT2D eigenvalue weighted by atomic mass is 16.2. The summed E-state index contributed by atoms with van der Waals surface area (Å²) in [4.78, 5) is 12.1. The molecule has 1 heterocycles. The van der Waals surface area contributed by atoms with Gasteiger partial charge in [0.1, 0.15) is 5.69 Å². The number of hydrogen-bond acceptors (Lipinski definition) is 3. The number of anilines is 1. The molecule has 5 nitrogen and oxygen atoms in total. The normalized spacial score (nSPS) is 10.4. The van der Waals surface area contributed by atoms with Crippen molar-refractivity contribution in [3.05, 3.63) is 47.8 Å². The van der Waals surface area contributed by atoms with E-state index in [2.05, 4.69) is 22.7 Å². The minimum Gasteiger partial charge on any atom is -0.320 e. The van der Waals surface area contributed by atoms with Crippen LogP contribution in [0.4, 0.5) is 5.69 Å². The summed E-state index contributed by atoms with van der Waals surface area (Å²) in [6.45, 7) is 3.68. The molecule has 0 spiro atoms. The monoisotopic (exact) mass is 258 g/mol. The first kappa shape index (κ1) is 13.3. The number of aryl methyl sites for hydroxylation is 1. The SMILES string of the molecule is CCNCc1ccccc1NC(=O)c1ccnn1C. The molecule has 0 saturated heterocycles. The summed E-state index contributed by atoms with van der Waals surface area (Å²) < 4.78 is 1.56. The first-order chi connectivity index (χ1) is 9.22. The fourth-order valence-corrected chi connectivity index (χ4v) is 1.84. The van der Waals surface area contributed by atoms with Crippen LogP contribution in [-0.4, -0.2) is 22.2 Å². The molecule has 0 bridgehead atoms. The van der Waals surface area contributed by atoms with E-state index in [1.807, 2.05) is 24.3 Å². The molecule has 2 N–H and O–H groups in total. The number of carbonyl (C=O) groups is 1. The highest BCUT2D eigenvalue weighted by Gasteiger charge is 2.11. The van der Waals surface area contributed by atoms with E-state index in [0.29, 0.717) is 5.69 Å². The van der Waals surface area contributed by atoms with Crippen LogP contribution in [0.15, 0.2) is 36.5 Å². The van der Waals surface area contributed by atoms with Gasteiger partial charge in [-0.3, -0.25) is 9.48 Å². The average molecular weight is 258 g/mol. The Morgan fingerprint density at radius 3 is 2.79 bits per heavy atom. The van der Waals surface area contributed by atoms with E-state index >= 15 is 0 Å². The Labute approximate surface area is 112 Å². The topological polar surface area (TPSA) is 58.9 Å². The van der Waals surface area contributed by atoms with Crippen molar-refractivity contribution in [2.45, 2.75) is 13.5 Å². The Bertz CT molecular complexity index is 562. The fraction of sp³-hybridized carbons (Fsp3) is 0.286. The van der Waals surface area contributed by atoms with Crippen LogP contribution >= 0.6 is 0 Å². The van der Waals surface area contributed by atoms with Crippen molar-refractivity contribution in [1.82, 2.24) is 15.1 Å². The second-order valence-corrected chi connectivity index (χ2v) is 4.23. The number of hydrogen-bond donors (Lipinski definition) is 2. The summed E-state index contributed by atoms with van der Waals surface area (Å²) in [7, 11) is 1.75. The van der Waals surface area contributed by atoms with Gasteiger partial charge in [0.25, 0.3) is 5.91 Å². The highest BCUT2D eigenvalue weighted by Crippen LogP contribution is 2.15. The van der Waals surface area contributed by atoms with Gasteiger partial charge in [0.05, 0.1) is 0 Å². The number of para-hydroxylation sites is 1. The van der Waals surface area contributed by atoms with Crippen molar-refractivity contribution < 1.29 is 4.79 Å². The molecule has 0 aliphatic heterocycles. The molecular weight excluding hydrogens is 240 g/mol. The lowest BCUT2D eigenvalue weighted by Crippen LogP contribution is -2.19. The number of nitrogens with zero attached hydrogens (tertiary/aromatic N) is 2. The number of rotatable bonds is 5. The summed E-state index contributed by atoms with van der Waals surface area (Å²) >= 11 is 0. The summed E-state index contributed by atoms with van der Waals surface area (Å²) in [6.07, 6.45) is 1.61. The molecule has 0 unspecified atom stereocenters. The van der Waals surface area contributed by atoms with Crippen molar-refractivity contribution in [2.24, 2.45) is 7.05 Å². The Morgan fingerprint density at radius 1 is 1.32 bits per heavy atom. The lowest BCUT2D eigenvalue weighted by Gasteiger charge is -2.11. The zero-order valence-corrected chi connectivity index (χ0v) is 11.2. The van der Waals surface area contributed by atoms with E-state index in [1.165, 1.54) is 0 Å². The van der Waals surface area contributed by atoms with Gasteiger partial charge >= 0.3 is 0 Å². The van der Waals surface area contributed by atoms with Crippen LogP contribution in [-0.2, 0) is 13.6 Å². The maximum Gasteiger partial charge on any atom is 0.273 e. The molecule has 0 fully saturated rings. The first-order valence-electron chi connectivity index (χ1n) is 6.30. The van der Waals surface area contributed by atoms with E-state index in [9.17, 15) is 4.79 Å². The van der Waals surface area contributed by atoms with Crippen molar-refractivity contribution >= 4 is 11.6 Å². The summed E-state index contributed by atoms with van der Waals surface area (Å²) in [6, 6.07) is 9.48. The van der Waals surface area contributed by atoms with Crippen LogP contribution in [0.25, 0.3) is 0 Å². The molecule has 2 rings (SSSR count). The zero-order chi connectivity index (χ0) is 13.7. The van der Waals surface area contributed by atoms with Gasteiger partial charge in [0, 0.05) is 25.5 Å². The first-order valence-corrected chi connectivity index (χ1v) is 6.30. The molecule has 1 aromatic carbocycles. The van der Waals surface area contributed by atoms with E-state index in [4.69, 9.17) is 0 Å². The van der Waals surface area contributed by atoms with Gasteiger partial charge in [-0.15, -0.1) is 0 Å². The number of carbonyl (C=O) groups excluding carboxylic acids is 1. The van der Waals surface area contributed by atoms with E-state index in [1.54, 1.807) is 24.0 Å². The van der Waals surface area contributed by atoms with Gasteiger partial charge in [0.2, 0.25) is 0 Å². The average Bonchev–Trinajstić information content (AvgIpc) is 2.84. The molecule has 0 radical (unpaired) electrons. The van der Waals surface area contributed by atoms with Gasteiger partial charge in [0.15, 0.2) is 0 Å². The lowest BCUT2D eigenvalue weighted by molar-refractivity contribution is 0.101. The molecule has 0 aliphatic rings. The standard InChI is InChI=1S/C14H18N4O/c1-3-15-10-11-6-4-5-7-12(11)17-14(19)13-8-9-16-18(13)2/h4-9,15H,3,10H2,1-2H3,(H,17,19). The van der Waals surface area contributed by atoms with Crippen LogP contribution in [0.5, 0.6) is 0 Å². The third-order valence-electron chi connectivity index (χ3n) is 2.88. The van der Waals surface area contributed by atoms with Gasteiger partial charge in [-0.25, -0.2) is 0 Å². The van der Waals surface area contributed by atoms with Gasteiger partial charge in [-0.1, -0.05) is 25.1 Å². The molecule has 1 aromatic heterocycles. The zero-order valence-electron chi connectivity index (χ0n) is 11.2. The minimum atomic E-state index is -0.149. The van der Waals surface area contributed by atoms with Gasteiger partial charge in [-0.05, 0) is 24.2 Å². The Balaban J connectivity index is 2.15. The lowest BCUT2D eigenvalue weighted by atomic mass is 10.1. The molecule has 100 valence electrons. The van der Waals surface area contributed by atoms with E-state index in [0.717, 1.165) is 24.3 Å². The van der Waals surface area contributed by atoms with Crippen molar-refractivity contribution in [3.8, 4) is 0 Å². The van der Waals surface area contributed by atoms with Crippen LogP contribution in [0, 0.1) is 0 Å². The summed E-state index contributed by atoms with van der Waals surface area (Å²) in [5.41, 5.74) is 2.44. The molecule has 5 heteroatoms. The number of amides is 1. The molecular formula is C14H18N4O. The van der Waals surface area contributed by atoms with Gasteiger partial charge in [-0.2, -0.15) is 5.10 Å². The Kier molecular flexibility index (Phi) is 4.30. The maximum absolute atomic E-state index is 12.1. The fourth-order valence-electron chi connectivity index (χ4n) is 1.84. The van der Waals surface area contributed by atoms with E-state index < -0.39 is 0 Å². The van der Waals surface area contributed by atoms with Crippen LogP contribution in [0.2, 0.25) is 0 Å². The predicted octanol–water partition coefficient (Wildman–Crippen LogP) is 1.78. The number of aromatic nitrogens is 2. The minimum absolute atomic E-state index is 0.149. The largest absolute Gasteiger partial charge is 0.320 e. The van der Waals surface area contributed by atoms with Crippen molar-refractivity contribution in [3.63, 3.8) is 0 Å². The third kappa shape index (κ3) is 3.20. The smallest absolute Gasteiger partial charge is 0.273 e. The Hall–Kier alpha value is -2.14. The van der Waals surface area contributed by atoms with E-state index in [-0.39, 0.29) is 5.91 Å². The molecule has 0 aliphatic carbocycles. The molecule has 0 saturated carbocycles. The van der Waals surface area contributed by atoms with Crippen molar-refractivity contribution in [1.29, 1.82) is 0 Å². The van der Waals surface area contributed by atoms with Gasteiger partial charge < -0.3 is 10.6 Å². The summed E-state index contributed by atoms with van der Waals surface area (Å²) in [5, 5.41) is 10.2. The predicted molar refractivity (Wildman–Crippen MR) is 75.0 cm³/mol. The number of benzene rings is 1. The third-order valence-corrected chi connectivity index (χ3v) is 2.88. The van der Waals surface area contributed by atoms with Crippen LogP contribution in [0.1, 0.15) is 23.0 Å². The molecule has 19 heavy (non-hydrogen) atoms. The molecule has 1 amide bonds. The molecule has 2 aromatic rings. The van der Waals surface area contributed by atoms with Crippen LogP contribution in [0.3, 0.4) is 0 Å². The Morgan fingerprint density at radius 2 is 2.11 bits per heavy atom. The van der Waals surface area contributed by atoms with Crippen molar-refractivity contribution in [2.75, 3.05) is 11.9 Å². The quantitative estimate of drug-likeness (QED) is 0.859. The maximum atomic E-state index is 12.1. The van der Waals surface area contributed by atoms with Crippen LogP contribution < -0.4 is 10.6 Å². The summed E-state index contributed by atoms with van der Waals surface area (Å²) in [5.74, 6) is -0.149. The second kappa shape index (κ2) is 6.15. The number of nitrogens with one attached hydrogen (secondary N) is 2. The second-order valence-electron chi connectivity index (χ2n) is 4.23.